The molecule has 0 aliphatic carbocycles. The molecular weight excluding hydrogens is 214 g/mol. The first-order chi connectivity index (χ1) is 8.00. The minimum atomic E-state index is -0.925. The molecule has 3 heteroatoms. The monoisotopic (exact) mass is 229 g/mol. The van der Waals surface area contributed by atoms with Gasteiger partial charge in [0.25, 0.3) is 0 Å². The number of carboxylic acid groups (broad SMARTS) is 1. The second-order valence-corrected chi connectivity index (χ2v) is 4.27. The van der Waals surface area contributed by atoms with Gasteiger partial charge in [-0.3, -0.25) is 0 Å². The van der Waals surface area contributed by atoms with Crippen LogP contribution in [0.25, 0.3) is 17.0 Å². The fourth-order valence-electron chi connectivity index (χ4n) is 2.13. The molecule has 0 aliphatic rings. The van der Waals surface area contributed by atoms with E-state index < -0.39 is 5.97 Å². The van der Waals surface area contributed by atoms with Gasteiger partial charge in [-0.1, -0.05) is 12.1 Å². The summed E-state index contributed by atoms with van der Waals surface area (Å²) >= 11 is 0. The minimum absolute atomic E-state index is 0.925. The lowest BCUT2D eigenvalue weighted by Gasteiger charge is -2.04. The first-order valence-electron chi connectivity index (χ1n) is 5.47. The van der Waals surface area contributed by atoms with Gasteiger partial charge in [0, 0.05) is 30.3 Å². The molecule has 1 N–H and O–H groups in total. The van der Waals surface area contributed by atoms with Crippen molar-refractivity contribution >= 4 is 22.9 Å². The van der Waals surface area contributed by atoms with Crippen LogP contribution in [-0.2, 0) is 11.8 Å². The standard InChI is InChI=1S/C14H15NO2/c1-9-4-6-12-11(5-7-13(16)17)8-15(3)14(12)10(9)2/h4-8H,1-3H3,(H,16,17)/b7-5+. The third kappa shape index (κ3) is 1.96. The van der Waals surface area contributed by atoms with Crippen molar-refractivity contribution in [2.45, 2.75) is 13.8 Å². The van der Waals surface area contributed by atoms with Crippen molar-refractivity contribution in [2.24, 2.45) is 7.05 Å². The number of fused-ring (bicyclic) bond motifs is 1. The zero-order valence-corrected chi connectivity index (χ0v) is 10.2. The highest BCUT2D eigenvalue weighted by molar-refractivity contribution is 5.95. The Kier molecular flexibility index (Phi) is 2.76. The summed E-state index contributed by atoms with van der Waals surface area (Å²) in [6, 6.07) is 4.11. The predicted octanol–water partition coefficient (Wildman–Crippen LogP) is 2.89. The van der Waals surface area contributed by atoms with Gasteiger partial charge in [-0.15, -0.1) is 0 Å². The second-order valence-electron chi connectivity index (χ2n) is 4.27. The molecule has 0 spiro atoms. The third-order valence-electron chi connectivity index (χ3n) is 3.10. The SMILES string of the molecule is Cc1ccc2c(/C=C/C(=O)O)cn(C)c2c1C. The lowest BCUT2D eigenvalue weighted by molar-refractivity contribution is -0.131. The number of carboxylic acids is 1. The molecule has 0 fully saturated rings. The number of aryl methyl sites for hydroxylation is 3. The van der Waals surface area contributed by atoms with E-state index in [-0.39, 0.29) is 0 Å². The highest BCUT2D eigenvalue weighted by Gasteiger charge is 2.08. The first-order valence-corrected chi connectivity index (χ1v) is 5.47. The van der Waals surface area contributed by atoms with E-state index in [0.717, 1.165) is 16.5 Å². The lowest BCUT2D eigenvalue weighted by Crippen LogP contribution is -1.89. The summed E-state index contributed by atoms with van der Waals surface area (Å²) in [6.45, 7) is 4.16. The van der Waals surface area contributed by atoms with E-state index >= 15 is 0 Å². The average Bonchev–Trinajstić information content (AvgIpc) is 2.58. The van der Waals surface area contributed by atoms with E-state index in [4.69, 9.17) is 5.11 Å². The molecule has 88 valence electrons. The summed E-state index contributed by atoms with van der Waals surface area (Å²) in [5.41, 5.74) is 4.58. The molecule has 0 bridgehead atoms. The van der Waals surface area contributed by atoms with Crippen molar-refractivity contribution in [3.63, 3.8) is 0 Å². The van der Waals surface area contributed by atoms with Gasteiger partial charge in [0.2, 0.25) is 0 Å². The van der Waals surface area contributed by atoms with Crippen molar-refractivity contribution in [1.29, 1.82) is 0 Å². The van der Waals surface area contributed by atoms with Gasteiger partial charge >= 0.3 is 5.97 Å². The number of carbonyl (C=O) groups is 1. The summed E-state index contributed by atoms with van der Waals surface area (Å²) in [7, 11) is 1.98. The van der Waals surface area contributed by atoms with Crippen LogP contribution in [0.3, 0.4) is 0 Å². The van der Waals surface area contributed by atoms with Gasteiger partial charge in [0.15, 0.2) is 0 Å². The Morgan fingerprint density at radius 3 is 2.71 bits per heavy atom. The van der Waals surface area contributed by atoms with Crippen LogP contribution in [0.2, 0.25) is 0 Å². The van der Waals surface area contributed by atoms with Crippen LogP contribution in [-0.4, -0.2) is 15.6 Å². The van der Waals surface area contributed by atoms with E-state index in [1.165, 1.54) is 17.2 Å². The molecule has 0 unspecified atom stereocenters. The van der Waals surface area contributed by atoms with Crippen molar-refractivity contribution in [3.8, 4) is 0 Å². The molecule has 0 saturated heterocycles. The van der Waals surface area contributed by atoms with E-state index in [2.05, 4.69) is 19.9 Å². The highest BCUT2D eigenvalue weighted by Crippen LogP contribution is 2.26. The average molecular weight is 229 g/mol. The number of hydrogen-bond donors (Lipinski definition) is 1. The number of aliphatic carboxylic acids is 1. The Labute approximate surface area is 100.0 Å². The van der Waals surface area contributed by atoms with Crippen LogP contribution >= 0.6 is 0 Å². The van der Waals surface area contributed by atoms with Crippen LogP contribution in [0.1, 0.15) is 16.7 Å². The van der Waals surface area contributed by atoms with Crippen molar-refractivity contribution in [3.05, 3.63) is 41.1 Å². The predicted molar refractivity (Wildman–Crippen MR) is 69.1 cm³/mol. The van der Waals surface area contributed by atoms with E-state index in [1.807, 2.05) is 23.9 Å². The van der Waals surface area contributed by atoms with Crippen LogP contribution < -0.4 is 0 Å². The summed E-state index contributed by atoms with van der Waals surface area (Å²) in [6.07, 6.45) is 4.76. The fourth-order valence-corrected chi connectivity index (χ4v) is 2.13. The maximum atomic E-state index is 10.5. The normalized spacial score (nSPS) is 11.5. The molecule has 17 heavy (non-hydrogen) atoms. The Hall–Kier alpha value is -2.03. The number of nitrogens with zero attached hydrogens (tertiary/aromatic N) is 1. The van der Waals surface area contributed by atoms with Gasteiger partial charge in [-0.25, -0.2) is 4.79 Å². The molecule has 0 amide bonds. The summed E-state index contributed by atoms with van der Waals surface area (Å²) in [5.74, 6) is -0.925. The van der Waals surface area contributed by atoms with E-state index in [1.54, 1.807) is 6.08 Å². The Bertz CT molecular complexity index is 621. The molecule has 0 aliphatic heterocycles. The fraction of sp³-hybridized carbons (Fsp3) is 0.214. The van der Waals surface area contributed by atoms with Gasteiger partial charge < -0.3 is 9.67 Å². The smallest absolute Gasteiger partial charge is 0.328 e. The van der Waals surface area contributed by atoms with E-state index in [0.29, 0.717) is 0 Å². The quantitative estimate of drug-likeness (QED) is 0.804. The second kappa shape index (κ2) is 4.09. The number of aromatic nitrogens is 1. The molecule has 1 heterocycles. The molecule has 1 aromatic heterocycles. The molecule has 2 aromatic rings. The van der Waals surface area contributed by atoms with Crippen LogP contribution in [0.15, 0.2) is 24.4 Å². The van der Waals surface area contributed by atoms with Crippen LogP contribution in [0, 0.1) is 13.8 Å². The zero-order valence-electron chi connectivity index (χ0n) is 10.2. The van der Waals surface area contributed by atoms with Crippen LogP contribution in [0.5, 0.6) is 0 Å². The molecule has 0 radical (unpaired) electrons. The topological polar surface area (TPSA) is 42.2 Å². The molecule has 1 aromatic carbocycles. The number of rotatable bonds is 2. The zero-order chi connectivity index (χ0) is 12.6. The lowest BCUT2D eigenvalue weighted by atomic mass is 10.0. The largest absolute Gasteiger partial charge is 0.478 e. The summed E-state index contributed by atoms with van der Waals surface area (Å²) in [5, 5.41) is 9.75. The molecule has 2 rings (SSSR count). The number of hydrogen-bond acceptors (Lipinski definition) is 1. The van der Waals surface area contributed by atoms with Crippen molar-refractivity contribution in [2.75, 3.05) is 0 Å². The molecule has 0 atom stereocenters. The Morgan fingerprint density at radius 1 is 1.35 bits per heavy atom. The van der Waals surface area contributed by atoms with Gasteiger partial charge in [-0.2, -0.15) is 0 Å². The Balaban J connectivity index is 2.68. The molecule has 3 nitrogen and oxygen atoms in total. The maximum Gasteiger partial charge on any atom is 0.328 e. The summed E-state index contributed by atoms with van der Waals surface area (Å²) in [4.78, 5) is 10.5. The maximum absolute atomic E-state index is 10.5. The first kappa shape index (κ1) is 11.5. The summed E-state index contributed by atoms with van der Waals surface area (Å²) < 4.78 is 2.04. The highest BCUT2D eigenvalue weighted by atomic mass is 16.4. The molecule has 0 saturated carbocycles. The molecular formula is C14H15NO2. The van der Waals surface area contributed by atoms with Crippen molar-refractivity contribution < 1.29 is 9.90 Å². The van der Waals surface area contributed by atoms with Gasteiger partial charge in [0.1, 0.15) is 0 Å². The van der Waals surface area contributed by atoms with Gasteiger partial charge in [-0.05, 0) is 31.1 Å². The van der Waals surface area contributed by atoms with Crippen molar-refractivity contribution in [1.82, 2.24) is 4.57 Å². The van der Waals surface area contributed by atoms with E-state index in [9.17, 15) is 4.79 Å². The minimum Gasteiger partial charge on any atom is -0.478 e. The third-order valence-corrected chi connectivity index (χ3v) is 3.10. The number of benzene rings is 1. The van der Waals surface area contributed by atoms with Gasteiger partial charge in [0.05, 0.1) is 5.52 Å². The Morgan fingerprint density at radius 2 is 2.06 bits per heavy atom. The van der Waals surface area contributed by atoms with Crippen LogP contribution in [0.4, 0.5) is 0 Å².